The third kappa shape index (κ3) is 4.50. The standard InChI is InChI=1S/C19H20O8/c20-12-5-11(6-13(21)8-12)2-1-10-3-4-14(22)16(7-10)27-19-18(25)17(24)15(23)9-26-19/h1-8,15,17-25H,9H2/t15-,17-,18+,19-/m0/s1. The van der Waals surface area contributed by atoms with Gasteiger partial charge in [-0.1, -0.05) is 18.2 Å². The van der Waals surface area contributed by atoms with Crippen molar-refractivity contribution in [2.24, 2.45) is 0 Å². The second kappa shape index (κ2) is 7.85. The smallest absolute Gasteiger partial charge is 0.229 e. The molecule has 0 saturated carbocycles. The van der Waals surface area contributed by atoms with E-state index in [1.165, 1.54) is 30.3 Å². The summed E-state index contributed by atoms with van der Waals surface area (Å²) < 4.78 is 10.6. The van der Waals surface area contributed by atoms with Crippen LogP contribution in [-0.2, 0) is 4.74 Å². The van der Waals surface area contributed by atoms with Crippen LogP contribution in [0.5, 0.6) is 23.0 Å². The Bertz CT molecular complexity index is 814. The van der Waals surface area contributed by atoms with Gasteiger partial charge < -0.3 is 40.1 Å². The van der Waals surface area contributed by atoms with E-state index in [4.69, 9.17) is 9.47 Å². The maximum atomic E-state index is 9.96. The summed E-state index contributed by atoms with van der Waals surface area (Å²) in [6.07, 6.45) is -2.08. The Balaban J connectivity index is 1.77. The van der Waals surface area contributed by atoms with Crippen molar-refractivity contribution < 1.29 is 40.1 Å². The number of ether oxygens (including phenoxy) is 2. The summed E-state index contributed by atoms with van der Waals surface area (Å²) in [5.41, 5.74) is 1.18. The van der Waals surface area contributed by atoms with Crippen LogP contribution in [0.1, 0.15) is 11.1 Å². The van der Waals surface area contributed by atoms with Gasteiger partial charge in [0.25, 0.3) is 0 Å². The Hall–Kier alpha value is -2.78. The van der Waals surface area contributed by atoms with Crippen molar-refractivity contribution in [3.05, 3.63) is 47.5 Å². The monoisotopic (exact) mass is 376 g/mol. The highest BCUT2D eigenvalue weighted by atomic mass is 16.7. The Morgan fingerprint density at radius 3 is 2.22 bits per heavy atom. The van der Waals surface area contributed by atoms with Crippen molar-refractivity contribution in [3.63, 3.8) is 0 Å². The Labute approximate surface area is 154 Å². The summed E-state index contributed by atoms with van der Waals surface area (Å²) in [5.74, 6) is -0.329. The second-order valence-corrected chi connectivity index (χ2v) is 6.21. The van der Waals surface area contributed by atoms with Crippen molar-refractivity contribution in [3.8, 4) is 23.0 Å². The third-order valence-corrected chi connectivity index (χ3v) is 4.07. The van der Waals surface area contributed by atoms with Crippen LogP contribution >= 0.6 is 0 Å². The molecular weight excluding hydrogens is 356 g/mol. The number of aliphatic hydroxyl groups is 3. The minimum atomic E-state index is -1.48. The van der Waals surface area contributed by atoms with E-state index in [2.05, 4.69) is 0 Å². The van der Waals surface area contributed by atoms with Crippen molar-refractivity contribution in [2.75, 3.05) is 6.61 Å². The minimum absolute atomic E-state index is 0.0172. The Morgan fingerprint density at radius 2 is 1.52 bits per heavy atom. The van der Waals surface area contributed by atoms with E-state index >= 15 is 0 Å². The molecule has 8 heteroatoms. The first-order valence-electron chi connectivity index (χ1n) is 8.20. The first kappa shape index (κ1) is 19.0. The molecule has 1 aliphatic heterocycles. The van der Waals surface area contributed by atoms with Gasteiger partial charge in [0, 0.05) is 6.07 Å². The highest BCUT2D eigenvalue weighted by Crippen LogP contribution is 2.31. The van der Waals surface area contributed by atoms with E-state index in [1.807, 2.05) is 0 Å². The highest BCUT2D eigenvalue weighted by Gasteiger charge is 2.39. The van der Waals surface area contributed by atoms with Crippen molar-refractivity contribution in [1.29, 1.82) is 0 Å². The fraction of sp³-hybridized carbons (Fsp3) is 0.263. The number of phenols is 3. The molecule has 1 saturated heterocycles. The van der Waals surface area contributed by atoms with E-state index in [0.29, 0.717) is 11.1 Å². The van der Waals surface area contributed by atoms with E-state index < -0.39 is 24.6 Å². The van der Waals surface area contributed by atoms with Gasteiger partial charge in [-0.05, 0) is 35.4 Å². The maximum Gasteiger partial charge on any atom is 0.229 e. The number of hydrogen-bond acceptors (Lipinski definition) is 8. The molecule has 6 N–H and O–H groups in total. The first-order chi connectivity index (χ1) is 12.8. The highest BCUT2D eigenvalue weighted by molar-refractivity contribution is 5.72. The molecule has 0 aliphatic carbocycles. The van der Waals surface area contributed by atoms with Crippen LogP contribution in [0.2, 0.25) is 0 Å². The van der Waals surface area contributed by atoms with Crippen molar-refractivity contribution in [2.45, 2.75) is 24.6 Å². The normalized spacial score (nSPS) is 25.6. The second-order valence-electron chi connectivity index (χ2n) is 6.21. The fourth-order valence-electron chi connectivity index (χ4n) is 2.64. The molecule has 1 aliphatic rings. The van der Waals surface area contributed by atoms with Gasteiger partial charge >= 0.3 is 0 Å². The van der Waals surface area contributed by atoms with Gasteiger partial charge in [0.2, 0.25) is 6.29 Å². The maximum absolute atomic E-state index is 9.96. The van der Waals surface area contributed by atoms with Gasteiger partial charge in [-0.2, -0.15) is 0 Å². The van der Waals surface area contributed by atoms with E-state index in [1.54, 1.807) is 18.2 Å². The van der Waals surface area contributed by atoms with Crippen LogP contribution in [0.25, 0.3) is 12.2 Å². The lowest BCUT2D eigenvalue weighted by atomic mass is 10.1. The molecule has 0 unspecified atom stereocenters. The van der Waals surface area contributed by atoms with Crippen LogP contribution in [0, 0.1) is 0 Å². The summed E-state index contributed by atoms with van der Waals surface area (Å²) in [4.78, 5) is 0. The van der Waals surface area contributed by atoms with Crippen LogP contribution in [0.3, 0.4) is 0 Å². The molecule has 3 rings (SSSR count). The molecule has 0 bridgehead atoms. The molecule has 0 aromatic heterocycles. The largest absolute Gasteiger partial charge is 0.508 e. The van der Waals surface area contributed by atoms with Crippen LogP contribution in [-0.4, -0.2) is 61.8 Å². The Morgan fingerprint density at radius 1 is 0.852 bits per heavy atom. The average Bonchev–Trinajstić information content (AvgIpc) is 2.62. The number of phenolic OH excluding ortho intramolecular Hbond substituents is 3. The number of aliphatic hydroxyl groups excluding tert-OH is 3. The lowest BCUT2D eigenvalue weighted by molar-refractivity contribution is -0.242. The van der Waals surface area contributed by atoms with Crippen LogP contribution < -0.4 is 4.74 Å². The van der Waals surface area contributed by atoms with Crippen LogP contribution in [0.15, 0.2) is 36.4 Å². The summed E-state index contributed by atoms with van der Waals surface area (Å²) in [6.45, 7) is -0.218. The van der Waals surface area contributed by atoms with Crippen molar-refractivity contribution in [1.82, 2.24) is 0 Å². The number of hydrogen-bond donors (Lipinski definition) is 6. The summed E-state index contributed by atoms with van der Waals surface area (Å²) in [6, 6.07) is 8.63. The van der Waals surface area contributed by atoms with E-state index in [9.17, 15) is 30.6 Å². The zero-order chi connectivity index (χ0) is 19.6. The topological polar surface area (TPSA) is 140 Å². The summed E-state index contributed by atoms with van der Waals surface area (Å²) in [7, 11) is 0. The zero-order valence-electron chi connectivity index (χ0n) is 14.1. The molecule has 0 radical (unpaired) electrons. The van der Waals surface area contributed by atoms with E-state index in [-0.39, 0.29) is 29.6 Å². The molecule has 4 atom stereocenters. The fourth-order valence-corrected chi connectivity index (χ4v) is 2.64. The van der Waals surface area contributed by atoms with Gasteiger partial charge in [-0.3, -0.25) is 0 Å². The molecule has 144 valence electrons. The van der Waals surface area contributed by atoms with Crippen molar-refractivity contribution >= 4 is 12.2 Å². The summed E-state index contributed by atoms with van der Waals surface area (Å²) >= 11 is 0. The number of rotatable bonds is 4. The molecular formula is C19H20O8. The van der Waals surface area contributed by atoms with Gasteiger partial charge in [-0.25, -0.2) is 0 Å². The molecule has 2 aromatic carbocycles. The molecule has 2 aromatic rings. The number of benzene rings is 2. The molecule has 0 spiro atoms. The minimum Gasteiger partial charge on any atom is -0.508 e. The zero-order valence-corrected chi connectivity index (χ0v) is 14.1. The Kier molecular flexibility index (Phi) is 5.52. The SMILES string of the molecule is Oc1cc(O)cc(C=Cc2ccc(O)c(O[C@@H]3OC[C@H](O)[C@H](O)[C@H]3O)c2)c1. The van der Waals surface area contributed by atoms with Gasteiger partial charge in [0.05, 0.1) is 6.61 Å². The first-order valence-corrected chi connectivity index (χ1v) is 8.20. The molecule has 27 heavy (non-hydrogen) atoms. The molecule has 8 nitrogen and oxygen atoms in total. The molecule has 1 fully saturated rings. The average molecular weight is 376 g/mol. The lowest BCUT2D eigenvalue weighted by Gasteiger charge is -2.35. The number of aromatic hydroxyl groups is 3. The van der Waals surface area contributed by atoms with Gasteiger partial charge in [0.1, 0.15) is 29.8 Å². The predicted molar refractivity (Wildman–Crippen MR) is 95.2 cm³/mol. The van der Waals surface area contributed by atoms with Gasteiger partial charge in [0.15, 0.2) is 11.5 Å². The van der Waals surface area contributed by atoms with Gasteiger partial charge in [-0.15, -0.1) is 0 Å². The summed E-state index contributed by atoms with van der Waals surface area (Å²) in [5, 5.41) is 58.0. The van der Waals surface area contributed by atoms with Crippen LogP contribution in [0.4, 0.5) is 0 Å². The van der Waals surface area contributed by atoms with E-state index in [0.717, 1.165) is 0 Å². The lowest BCUT2D eigenvalue weighted by Crippen LogP contribution is -2.54. The quantitative estimate of drug-likeness (QED) is 0.431. The molecule has 0 amide bonds. The predicted octanol–water partition coefficient (Wildman–Crippen LogP) is 0.792. The molecule has 1 heterocycles. The third-order valence-electron chi connectivity index (χ3n) is 4.07.